The molecule has 0 aliphatic carbocycles. The van der Waals surface area contributed by atoms with Crippen LogP contribution in [0.3, 0.4) is 0 Å². The van der Waals surface area contributed by atoms with Crippen LogP contribution in [0, 0.1) is 0 Å². The minimum atomic E-state index is -0.880. The first-order valence-electron chi connectivity index (χ1n) is 4.84. The van der Waals surface area contributed by atoms with E-state index in [4.69, 9.17) is 0 Å². The average molecular weight is 315 g/mol. The van der Waals surface area contributed by atoms with Crippen LogP contribution < -0.4 is 0 Å². The van der Waals surface area contributed by atoms with Crippen LogP contribution in [0.4, 0.5) is 4.53 Å². The quantitative estimate of drug-likeness (QED) is 0.797. The lowest BCUT2D eigenvalue weighted by Gasteiger charge is -2.06. The van der Waals surface area contributed by atoms with Gasteiger partial charge < -0.3 is 0 Å². The number of hydrogen-bond acceptors (Lipinski definition) is 3. The molecule has 0 fully saturated rings. The summed E-state index contributed by atoms with van der Waals surface area (Å²) >= 11 is 4.72. The number of fused-ring (bicyclic) bond motifs is 1. The second kappa shape index (κ2) is 5.51. The van der Waals surface area contributed by atoms with E-state index in [1.165, 1.54) is 11.8 Å². The fraction of sp³-hybridized carbons (Fsp3) is 0.0833. The van der Waals surface area contributed by atoms with Crippen molar-refractivity contribution in [3.63, 3.8) is 0 Å². The van der Waals surface area contributed by atoms with E-state index in [1.807, 2.05) is 36.4 Å². The standard InChI is InChI=1S/C12H8BrFO2S/c13-12-9-4-2-1-3-8(9)5-6-10(12)17-7-11(15)16-14/h1-6H,7H2. The van der Waals surface area contributed by atoms with Crippen LogP contribution in [0.1, 0.15) is 0 Å². The van der Waals surface area contributed by atoms with Crippen molar-refractivity contribution < 1.29 is 14.3 Å². The highest BCUT2D eigenvalue weighted by Gasteiger charge is 2.09. The van der Waals surface area contributed by atoms with Gasteiger partial charge in [-0.25, -0.2) is 4.79 Å². The molecule has 0 aliphatic heterocycles. The zero-order valence-electron chi connectivity index (χ0n) is 8.65. The molecule has 0 aliphatic rings. The van der Waals surface area contributed by atoms with Crippen LogP contribution in [0.5, 0.6) is 0 Å². The molecule has 0 N–H and O–H groups in total. The van der Waals surface area contributed by atoms with Crippen LogP contribution >= 0.6 is 27.7 Å². The van der Waals surface area contributed by atoms with E-state index in [2.05, 4.69) is 20.9 Å². The van der Waals surface area contributed by atoms with Crippen molar-refractivity contribution >= 4 is 44.4 Å². The number of halogens is 2. The highest BCUT2D eigenvalue weighted by atomic mass is 79.9. The number of rotatable bonds is 3. The Morgan fingerprint density at radius 1 is 1.29 bits per heavy atom. The SMILES string of the molecule is O=C(CSc1ccc2ccccc2c1Br)OF. The topological polar surface area (TPSA) is 26.3 Å². The van der Waals surface area contributed by atoms with Gasteiger partial charge in [0.15, 0.2) is 0 Å². The van der Waals surface area contributed by atoms with Gasteiger partial charge in [0, 0.05) is 13.9 Å². The average Bonchev–Trinajstić information content (AvgIpc) is 2.38. The monoisotopic (exact) mass is 314 g/mol. The Morgan fingerprint density at radius 2 is 2.06 bits per heavy atom. The van der Waals surface area contributed by atoms with Gasteiger partial charge in [-0.05, 0) is 32.8 Å². The van der Waals surface area contributed by atoms with Crippen molar-refractivity contribution in [3.05, 3.63) is 40.9 Å². The van der Waals surface area contributed by atoms with E-state index in [0.29, 0.717) is 0 Å². The predicted molar refractivity (Wildman–Crippen MR) is 69.6 cm³/mol. The predicted octanol–water partition coefficient (Wildman–Crippen LogP) is 4.12. The number of carbonyl (C=O) groups excluding carboxylic acids is 1. The van der Waals surface area contributed by atoms with Crippen molar-refractivity contribution in [1.29, 1.82) is 0 Å². The maximum atomic E-state index is 11.6. The third kappa shape index (κ3) is 2.79. The van der Waals surface area contributed by atoms with E-state index >= 15 is 0 Å². The third-order valence-electron chi connectivity index (χ3n) is 2.26. The van der Waals surface area contributed by atoms with Crippen molar-refractivity contribution in [2.75, 3.05) is 5.75 Å². The molecule has 0 spiro atoms. The molecular formula is C12H8BrFO2S. The summed E-state index contributed by atoms with van der Waals surface area (Å²) < 4.78 is 12.5. The van der Waals surface area contributed by atoms with Crippen LogP contribution in [-0.2, 0) is 9.74 Å². The summed E-state index contributed by atoms with van der Waals surface area (Å²) in [5, 5.41) is 2.17. The summed E-state index contributed by atoms with van der Waals surface area (Å²) in [6.45, 7) is 0. The molecule has 17 heavy (non-hydrogen) atoms. The van der Waals surface area contributed by atoms with E-state index in [9.17, 15) is 9.32 Å². The molecule has 0 aromatic heterocycles. The van der Waals surface area contributed by atoms with Gasteiger partial charge in [0.25, 0.3) is 0 Å². The Hall–Kier alpha value is -1.07. The first kappa shape index (κ1) is 12.4. The van der Waals surface area contributed by atoms with E-state index in [1.54, 1.807) is 0 Å². The lowest BCUT2D eigenvalue weighted by molar-refractivity contribution is -0.179. The first-order valence-corrected chi connectivity index (χ1v) is 6.61. The summed E-state index contributed by atoms with van der Waals surface area (Å²) in [7, 11) is 0. The summed E-state index contributed by atoms with van der Waals surface area (Å²) in [4.78, 5) is 14.7. The minimum Gasteiger partial charge on any atom is -0.254 e. The highest BCUT2D eigenvalue weighted by molar-refractivity contribution is 9.10. The zero-order valence-corrected chi connectivity index (χ0v) is 11.1. The Balaban J connectivity index is 2.29. The Morgan fingerprint density at radius 3 is 2.82 bits per heavy atom. The molecule has 0 amide bonds. The fourth-order valence-electron chi connectivity index (χ4n) is 1.48. The second-order valence-corrected chi connectivity index (χ2v) is 5.15. The number of benzene rings is 2. The Labute approximate surface area is 110 Å². The smallest absolute Gasteiger partial charge is 0.254 e. The molecule has 0 atom stereocenters. The van der Waals surface area contributed by atoms with Crippen LogP contribution in [0.25, 0.3) is 10.8 Å². The van der Waals surface area contributed by atoms with E-state index in [0.717, 1.165) is 20.1 Å². The molecular weight excluding hydrogens is 307 g/mol. The van der Waals surface area contributed by atoms with Crippen LogP contribution in [-0.4, -0.2) is 11.7 Å². The van der Waals surface area contributed by atoms with Crippen molar-refractivity contribution in [2.24, 2.45) is 0 Å². The van der Waals surface area contributed by atoms with Gasteiger partial charge in [-0.2, -0.15) is 0 Å². The first-order chi connectivity index (χ1) is 8.22. The summed E-state index contributed by atoms with van der Waals surface area (Å²) in [6, 6.07) is 11.7. The highest BCUT2D eigenvalue weighted by Crippen LogP contribution is 2.34. The van der Waals surface area contributed by atoms with Crippen LogP contribution in [0.2, 0.25) is 0 Å². The molecule has 0 saturated carbocycles. The summed E-state index contributed by atoms with van der Waals surface area (Å²) in [5.74, 6) is -0.928. The van der Waals surface area contributed by atoms with Gasteiger partial charge in [0.05, 0.1) is 5.75 Å². The molecule has 0 heterocycles. The maximum Gasteiger partial charge on any atom is 0.358 e. The zero-order chi connectivity index (χ0) is 12.3. The molecule has 0 bridgehead atoms. The molecule has 0 saturated heterocycles. The lowest BCUT2D eigenvalue weighted by atomic mass is 10.1. The van der Waals surface area contributed by atoms with Gasteiger partial charge in [-0.3, -0.25) is 4.94 Å². The fourth-order valence-corrected chi connectivity index (χ4v) is 3.04. The Kier molecular flexibility index (Phi) is 4.02. The third-order valence-corrected chi connectivity index (χ3v) is 4.41. The molecule has 88 valence electrons. The maximum absolute atomic E-state index is 11.6. The van der Waals surface area contributed by atoms with Crippen molar-refractivity contribution in [1.82, 2.24) is 0 Å². The van der Waals surface area contributed by atoms with Gasteiger partial charge in [0.1, 0.15) is 0 Å². The lowest BCUT2D eigenvalue weighted by Crippen LogP contribution is -2.00. The van der Waals surface area contributed by atoms with Crippen molar-refractivity contribution in [3.8, 4) is 0 Å². The molecule has 5 heteroatoms. The molecule has 0 unspecified atom stereocenters. The van der Waals surface area contributed by atoms with Crippen LogP contribution in [0.15, 0.2) is 45.8 Å². The van der Waals surface area contributed by atoms with Crippen molar-refractivity contribution in [2.45, 2.75) is 4.90 Å². The molecule has 2 aromatic carbocycles. The number of carbonyl (C=O) groups is 1. The normalized spacial score (nSPS) is 10.5. The van der Waals surface area contributed by atoms with E-state index < -0.39 is 5.97 Å². The van der Waals surface area contributed by atoms with Gasteiger partial charge in [-0.1, -0.05) is 30.3 Å². The molecule has 0 radical (unpaired) electrons. The summed E-state index contributed by atoms with van der Waals surface area (Å²) in [5.41, 5.74) is 0. The molecule has 2 rings (SSSR count). The number of hydrogen-bond donors (Lipinski definition) is 0. The molecule has 2 nitrogen and oxygen atoms in total. The Bertz CT molecular complexity index is 559. The second-order valence-electron chi connectivity index (χ2n) is 3.34. The minimum absolute atomic E-state index is 0.0482. The number of thioether (sulfide) groups is 1. The van der Waals surface area contributed by atoms with E-state index in [-0.39, 0.29) is 5.75 Å². The largest absolute Gasteiger partial charge is 0.358 e. The van der Waals surface area contributed by atoms with Gasteiger partial charge >= 0.3 is 5.97 Å². The van der Waals surface area contributed by atoms with Gasteiger partial charge in [-0.15, -0.1) is 11.8 Å². The van der Waals surface area contributed by atoms with Gasteiger partial charge in [0.2, 0.25) is 0 Å². The summed E-state index contributed by atoms with van der Waals surface area (Å²) in [6.07, 6.45) is 0. The molecule has 2 aromatic rings.